The largest absolute Gasteiger partial charge is 0.397 e. The Bertz CT molecular complexity index is 1120. The Balaban J connectivity index is 2.31. The van der Waals surface area contributed by atoms with E-state index in [1.54, 1.807) is 24.5 Å². The summed E-state index contributed by atoms with van der Waals surface area (Å²) in [5, 5.41) is 0.843. The quantitative estimate of drug-likeness (QED) is 0.438. The van der Waals surface area contributed by atoms with Crippen molar-refractivity contribution < 1.29 is 17.7 Å². The van der Waals surface area contributed by atoms with E-state index in [-0.39, 0.29) is 11.0 Å². The molecule has 0 amide bonds. The number of rotatable bonds is 2. The van der Waals surface area contributed by atoms with E-state index >= 15 is 0 Å². The minimum atomic E-state index is -4.34. The summed E-state index contributed by atoms with van der Waals surface area (Å²) in [6.45, 7) is 13.1. The number of benzene rings is 2. The average Bonchev–Trinajstić information content (AvgIpc) is 2.62. The fourth-order valence-corrected chi connectivity index (χ4v) is 3.66. The van der Waals surface area contributed by atoms with Gasteiger partial charge in [0.15, 0.2) is 5.52 Å². The zero-order valence-corrected chi connectivity index (χ0v) is 19.0. The summed E-state index contributed by atoms with van der Waals surface area (Å²) in [6.07, 6.45) is -2.65. The van der Waals surface area contributed by atoms with Crippen molar-refractivity contribution in [2.45, 2.75) is 65.5 Å². The Morgan fingerprint density at radius 1 is 0.867 bits per heavy atom. The van der Waals surface area contributed by atoms with Crippen LogP contribution in [0.2, 0.25) is 0 Å². The van der Waals surface area contributed by atoms with Crippen molar-refractivity contribution in [2.75, 3.05) is 0 Å². The first-order valence-corrected chi connectivity index (χ1v) is 10.1. The van der Waals surface area contributed by atoms with Crippen LogP contribution < -0.4 is 4.57 Å². The lowest BCUT2D eigenvalue weighted by atomic mass is 9.82. The Morgan fingerprint density at radius 3 is 2.07 bits per heavy atom. The number of fused-ring (bicyclic) bond motifs is 1. The number of hydrogen-bond acceptors (Lipinski definition) is 1. The highest BCUT2D eigenvalue weighted by Gasteiger charge is 2.48. The lowest BCUT2D eigenvalue weighted by Crippen LogP contribution is -2.36. The minimum Gasteiger partial charge on any atom is -0.232 e. The molecule has 5 heteroatoms. The Hall–Kier alpha value is -2.43. The average molecular weight is 416 g/mol. The molecule has 0 unspecified atom stereocenters. The van der Waals surface area contributed by atoms with Gasteiger partial charge in [-0.2, -0.15) is 13.2 Å². The van der Waals surface area contributed by atoms with Crippen molar-refractivity contribution in [2.24, 2.45) is 7.05 Å². The van der Waals surface area contributed by atoms with Crippen LogP contribution in [0, 0.1) is 13.8 Å². The molecule has 3 aromatic rings. The van der Waals surface area contributed by atoms with Crippen molar-refractivity contribution in [3.05, 3.63) is 58.9 Å². The van der Waals surface area contributed by atoms with Gasteiger partial charge in [-0.25, -0.2) is 4.57 Å². The van der Waals surface area contributed by atoms with Gasteiger partial charge in [0.1, 0.15) is 5.69 Å². The molecule has 0 aliphatic rings. The molecule has 160 valence electrons. The molecule has 2 aromatic carbocycles. The van der Waals surface area contributed by atoms with Crippen molar-refractivity contribution in [3.63, 3.8) is 0 Å². The number of hydrogen-bond donors (Lipinski definition) is 0. The van der Waals surface area contributed by atoms with E-state index in [2.05, 4.69) is 51.7 Å². The molecule has 1 aromatic heterocycles. The van der Waals surface area contributed by atoms with Crippen molar-refractivity contribution in [3.8, 4) is 11.3 Å². The van der Waals surface area contributed by atoms with Crippen LogP contribution in [0.15, 0.2) is 36.7 Å². The maximum absolute atomic E-state index is 13.6. The molecule has 0 aliphatic carbocycles. The van der Waals surface area contributed by atoms with Crippen LogP contribution in [0.1, 0.15) is 56.9 Å². The first-order valence-electron chi connectivity index (χ1n) is 10.1. The fraction of sp³-hybridized carbons (Fsp3) is 0.440. The fourth-order valence-electron chi connectivity index (χ4n) is 3.66. The van der Waals surface area contributed by atoms with Gasteiger partial charge in [-0.05, 0) is 78.5 Å². The third-order valence-electron chi connectivity index (χ3n) is 6.19. The first kappa shape index (κ1) is 22.3. The highest BCUT2D eigenvalue weighted by atomic mass is 19.4. The Labute approximate surface area is 176 Å². The minimum absolute atomic E-state index is 0.0154. The number of aromatic nitrogens is 2. The zero-order chi connectivity index (χ0) is 22.6. The molecule has 3 rings (SSSR count). The molecule has 30 heavy (non-hydrogen) atoms. The van der Waals surface area contributed by atoms with Crippen LogP contribution in [0.4, 0.5) is 13.2 Å². The molecule has 0 atom stereocenters. The first-order chi connectivity index (χ1) is 13.6. The smallest absolute Gasteiger partial charge is 0.232 e. The van der Waals surface area contributed by atoms with Crippen LogP contribution in [0.25, 0.3) is 22.2 Å². The van der Waals surface area contributed by atoms with Crippen LogP contribution in [-0.4, -0.2) is 11.2 Å². The molecule has 1 heterocycles. The molecule has 0 bridgehead atoms. The van der Waals surface area contributed by atoms with E-state index < -0.39 is 11.6 Å². The van der Waals surface area contributed by atoms with E-state index in [1.165, 1.54) is 25.0 Å². The number of halogens is 3. The number of alkyl halides is 3. The Kier molecular flexibility index (Phi) is 5.25. The SMILES string of the molecule is Cc1cc(C(C)(C)C)cc(-c2c3ccc(C(C)(C)C(F)(F)F)cc3nc[n+]2C)c1C. The van der Waals surface area contributed by atoms with Gasteiger partial charge in [0.05, 0.1) is 17.8 Å². The second kappa shape index (κ2) is 7.07. The van der Waals surface area contributed by atoms with Crippen LogP contribution >= 0.6 is 0 Å². The summed E-state index contributed by atoms with van der Waals surface area (Å²) in [4.78, 5) is 4.44. The molecular weight excluding hydrogens is 385 g/mol. The van der Waals surface area contributed by atoms with E-state index in [0.29, 0.717) is 5.52 Å². The van der Waals surface area contributed by atoms with E-state index in [0.717, 1.165) is 22.2 Å². The second-order valence-electron chi connectivity index (χ2n) is 9.77. The second-order valence-corrected chi connectivity index (χ2v) is 9.77. The summed E-state index contributed by atoms with van der Waals surface area (Å²) < 4.78 is 42.6. The molecule has 0 radical (unpaired) electrons. The summed E-state index contributed by atoms with van der Waals surface area (Å²) in [6, 6.07) is 9.34. The zero-order valence-electron chi connectivity index (χ0n) is 19.0. The van der Waals surface area contributed by atoms with Crippen molar-refractivity contribution in [1.29, 1.82) is 0 Å². The third kappa shape index (κ3) is 3.70. The maximum atomic E-state index is 13.6. The molecule has 0 N–H and O–H groups in total. The summed E-state index contributed by atoms with van der Waals surface area (Å²) in [5.74, 6) is 0. The van der Waals surface area contributed by atoms with Crippen molar-refractivity contribution in [1.82, 2.24) is 4.98 Å². The van der Waals surface area contributed by atoms with Crippen LogP contribution in [0.5, 0.6) is 0 Å². The predicted molar refractivity (Wildman–Crippen MR) is 116 cm³/mol. The molecule has 0 fully saturated rings. The third-order valence-corrected chi connectivity index (χ3v) is 6.19. The summed E-state index contributed by atoms with van der Waals surface area (Å²) >= 11 is 0. The monoisotopic (exact) mass is 415 g/mol. The van der Waals surface area contributed by atoms with E-state index in [4.69, 9.17) is 0 Å². The molecule has 0 aliphatic heterocycles. The number of aryl methyl sites for hydroxylation is 2. The standard InChI is InChI=1S/C25H30F3N2/c1-15-11-18(23(3,4)5)12-20(16(15)2)22-19-10-9-17(24(6,7)25(26,27)28)13-21(19)29-14-30(22)8/h9-14H,1-8H3/q+1. The summed E-state index contributed by atoms with van der Waals surface area (Å²) in [5.41, 5.74) is 4.43. The van der Waals surface area contributed by atoms with Gasteiger partial charge < -0.3 is 0 Å². The van der Waals surface area contributed by atoms with Crippen molar-refractivity contribution >= 4 is 10.9 Å². The highest BCUT2D eigenvalue weighted by molar-refractivity contribution is 5.92. The highest BCUT2D eigenvalue weighted by Crippen LogP contribution is 2.41. The molecular formula is C25H30F3N2+. The van der Waals surface area contributed by atoms with Gasteiger partial charge in [-0.15, -0.1) is 0 Å². The van der Waals surface area contributed by atoms with E-state index in [9.17, 15) is 13.2 Å². The molecule has 2 nitrogen and oxygen atoms in total. The lowest BCUT2D eigenvalue weighted by Gasteiger charge is -2.28. The van der Waals surface area contributed by atoms with Gasteiger partial charge in [0.25, 0.3) is 6.33 Å². The van der Waals surface area contributed by atoms with Gasteiger partial charge >= 0.3 is 6.18 Å². The maximum Gasteiger partial charge on any atom is 0.397 e. The van der Waals surface area contributed by atoms with Gasteiger partial charge in [0.2, 0.25) is 0 Å². The normalized spacial score (nSPS) is 13.2. The van der Waals surface area contributed by atoms with Crippen LogP contribution in [-0.2, 0) is 17.9 Å². The molecule has 0 saturated heterocycles. The van der Waals surface area contributed by atoms with Gasteiger partial charge in [-0.1, -0.05) is 32.9 Å². The topological polar surface area (TPSA) is 16.8 Å². The summed E-state index contributed by atoms with van der Waals surface area (Å²) in [7, 11) is 1.92. The predicted octanol–water partition coefficient (Wildman–Crippen LogP) is 6.48. The van der Waals surface area contributed by atoms with E-state index in [1.807, 2.05) is 11.6 Å². The van der Waals surface area contributed by atoms with Crippen LogP contribution in [0.3, 0.4) is 0 Å². The molecule has 0 saturated carbocycles. The van der Waals surface area contributed by atoms with Gasteiger partial charge in [0, 0.05) is 5.56 Å². The number of nitrogens with zero attached hydrogens (tertiary/aromatic N) is 2. The van der Waals surface area contributed by atoms with Gasteiger partial charge in [-0.3, -0.25) is 0 Å². The lowest BCUT2D eigenvalue weighted by molar-refractivity contribution is -0.662. The molecule has 0 spiro atoms. The Morgan fingerprint density at radius 2 is 1.50 bits per heavy atom.